The summed E-state index contributed by atoms with van der Waals surface area (Å²) in [7, 11) is 0. The predicted octanol–water partition coefficient (Wildman–Crippen LogP) is 26.6. The van der Waals surface area contributed by atoms with Gasteiger partial charge < -0.3 is 22.4 Å². The highest BCUT2D eigenvalue weighted by Gasteiger charge is 2.22. The van der Waals surface area contributed by atoms with Gasteiger partial charge in [0.25, 0.3) is 0 Å². The maximum absolute atomic E-state index is 6.47. The van der Waals surface area contributed by atoms with Gasteiger partial charge >= 0.3 is 0 Å². The van der Waals surface area contributed by atoms with Crippen LogP contribution in [-0.4, -0.2) is 39.0 Å². The molecule has 11 nitrogen and oxygen atoms in total. The molecule has 0 saturated heterocycles. The Morgan fingerprint density at radius 2 is 0.469 bits per heavy atom. The van der Waals surface area contributed by atoms with Gasteiger partial charge in [-0.3, -0.25) is 0 Å². The molecule has 23 rings (SSSR count). The van der Waals surface area contributed by atoms with Crippen LogP contribution in [0.2, 0.25) is 0 Å². The molecule has 7 aromatic heterocycles. The fourth-order valence-corrected chi connectivity index (χ4v) is 16.4. The number of hydrogen-bond acceptors (Lipinski definition) is 9. The molecule has 0 atom stereocenters. The van der Waals surface area contributed by atoms with Crippen LogP contribution in [0.1, 0.15) is 0 Å². The summed E-state index contributed by atoms with van der Waals surface area (Å²) >= 11 is 0. The Balaban J connectivity index is 0.000000142. The van der Waals surface area contributed by atoms with Gasteiger partial charge in [0.05, 0.1) is 22.1 Å². The van der Waals surface area contributed by atoms with Crippen LogP contribution in [0.5, 0.6) is 0 Å². The zero-order valence-corrected chi connectivity index (χ0v) is 60.6. The minimum absolute atomic E-state index is 0.570. The molecular formula is C102H62N8O3. The second-order valence-electron chi connectivity index (χ2n) is 28.4. The molecule has 23 aromatic rings. The fraction of sp³-hybridized carbons (Fsp3) is 0. The summed E-state index contributed by atoms with van der Waals surface area (Å²) < 4.78 is 23.7. The molecule has 0 aliphatic heterocycles. The minimum atomic E-state index is 0.570. The van der Waals surface area contributed by atoms with Crippen molar-refractivity contribution in [1.82, 2.24) is 39.0 Å². The van der Waals surface area contributed by atoms with Gasteiger partial charge in [-0.05, 0) is 119 Å². The van der Waals surface area contributed by atoms with Crippen LogP contribution in [0.4, 0.5) is 0 Å². The molecule has 0 N–H and O–H groups in total. The largest absolute Gasteiger partial charge is 0.456 e. The summed E-state index contributed by atoms with van der Waals surface area (Å²) in [5, 5.41) is 11.4. The second-order valence-corrected chi connectivity index (χ2v) is 28.4. The van der Waals surface area contributed by atoms with Crippen molar-refractivity contribution in [3.8, 4) is 113 Å². The first kappa shape index (κ1) is 64.7. The summed E-state index contributed by atoms with van der Waals surface area (Å²) in [6, 6.07) is 130. The highest BCUT2D eigenvalue weighted by molar-refractivity contribution is 6.14. The summed E-state index contributed by atoms with van der Waals surface area (Å²) in [5.41, 5.74) is 23.6. The normalized spacial score (nSPS) is 11.7. The zero-order chi connectivity index (χ0) is 74.5. The number of aromatic nitrogens is 8. The molecule has 0 bridgehead atoms. The Labute approximate surface area is 646 Å². The summed E-state index contributed by atoms with van der Waals surface area (Å²) in [6.45, 7) is 0. The molecule has 113 heavy (non-hydrogen) atoms. The topological polar surface area (TPSA) is 127 Å². The number of furan rings is 3. The number of hydrogen-bond donors (Lipinski definition) is 0. The molecule has 0 fully saturated rings. The third kappa shape index (κ3) is 11.3. The van der Waals surface area contributed by atoms with Gasteiger partial charge in [0, 0.05) is 110 Å². The number of fused-ring (bicyclic) bond motifs is 15. The Hall–Kier alpha value is -15.5. The van der Waals surface area contributed by atoms with Crippen LogP contribution in [0.15, 0.2) is 389 Å². The summed E-state index contributed by atoms with van der Waals surface area (Å²) in [5.74, 6) is 3.63. The molecule has 11 heteroatoms. The highest BCUT2D eigenvalue weighted by Crippen LogP contribution is 2.43. The molecule has 0 saturated carbocycles. The van der Waals surface area contributed by atoms with Gasteiger partial charge in [-0.2, -0.15) is 0 Å². The van der Waals surface area contributed by atoms with Crippen LogP contribution in [0.3, 0.4) is 0 Å². The molecule has 0 radical (unpaired) electrons. The van der Waals surface area contributed by atoms with Crippen molar-refractivity contribution in [3.05, 3.63) is 376 Å². The van der Waals surface area contributed by atoms with Crippen LogP contribution >= 0.6 is 0 Å². The molecule has 0 aliphatic carbocycles. The van der Waals surface area contributed by atoms with Crippen molar-refractivity contribution in [2.75, 3.05) is 0 Å². The number of para-hydroxylation sites is 8. The van der Waals surface area contributed by atoms with Gasteiger partial charge in [0.1, 0.15) is 33.5 Å². The van der Waals surface area contributed by atoms with Crippen molar-refractivity contribution in [1.29, 1.82) is 0 Å². The molecule has 528 valence electrons. The van der Waals surface area contributed by atoms with Crippen LogP contribution in [0, 0.1) is 0 Å². The average Bonchev–Trinajstić information content (AvgIpc) is 1.61. The quantitative estimate of drug-likeness (QED) is 0.124. The smallest absolute Gasteiger partial charge is 0.164 e. The third-order valence-electron chi connectivity index (χ3n) is 21.7. The van der Waals surface area contributed by atoms with Crippen molar-refractivity contribution < 1.29 is 13.3 Å². The molecule has 7 heterocycles. The van der Waals surface area contributed by atoms with Crippen molar-refractivity contribution in [3.63, 3.8) is 0 Å². The summed E-state index contributed by atoms with van der Waals surface area (Å²) in [6.07, 6.45) is 0. The third-order valence-corrected chi connectivity index (χ3v) is 21.7. The van der Waals surface area contributed by atoms with E-state index in [9.17, 15) is 0 Å². The first-order valence-corrected chi connectivity index (χ1v) is 37.8. The van der Waals surface area contributed by atoms with Gasteiger partial charge in [0.15, 0.2) is 34.9 Å². The van der Waals surface area contributed by atoms with Crippen molar-refractivity contribution in [2.45, 2.75) is 0 Å². The summed E-state index contributed by atoms with van der Waals surface area (Å²) in [4.78, 5) is 30.6. The van der Waals surface area contributed by atoms with E-state index >= 15 is 0 Å². The van der Waals surface area contributed by atoms with Crippen LogP contribution in [-0.2, 0) is 0 Å². The van der Waals surface area contributed by atoms with Crippen molar-refractivity contribution >= 4 is 109 Å². The van der Waals surface area contributed by atoms with Crippen LogP contribution in [0.25, 0.3) is 223 Å². The standard InChI is InChI=1S/C57H34N4O2.C45H28N4O/c1-5-28-49-43(20-1)44-21-2-6-29-50(44)61(49)40-19-11-18-39(34-40)57-59-55(37-16-9-14-35(32-37)41-24-12-26-47-45-22-3-7-30-51(45)62-53(41)47)58-56(60-57)38-17-10-15-36(33-38)42-25-13-27-48-46-23-4-8-31-52(46)63-54(42)48;1-3-12-29(13-4-1)43-46-44(30-14-5-2-6-15-30)48-45(47-43)33-16-11-17-34(26-33)49-39-20-9-7-18-35(39)37-27-31(22-24-40(37)49)32-23-25-42-38(28-32)36-19-8-10-21-41(36)50-42/h1-34H;1-28H. The lowest BCUT2D eigenvalue weighted by Gasteiger charge is -2.12. The Kier molecular flexibility index (Phi) is 15.3. The lowest BCUT2D eigenvalue weighted by Crippen LogP contribution is -2.01. The minimum Gasteiger partial charge on any atom is -0.456 e. The predicted molar refractivity (Wildman–Crippen MR) is 459 cm³/mol. The van der Waals surface area contributed by atoms with Crippen molar-refractivity contribution in [2.24, 2.45) is 0 Å². The Bertz CT molecular complexity index is 7430. The first-order chi connectivity index (χ1) is 56.0. The lowest BCUT2D eigenvalue weighted by molar-refractivity contribution is 0.669. The van der Waals surface area contributed by atoms with E-state index in [1.807, 2.05) is 109 Å². The molecule has 16 aromatic carbocycles. The van der Waals surface area contributed by atoms with E-state index in [-0.39, 0.29) is 0 Å². The van der Waals surface area contributed by atoms with Gasteiger partial charge in [-0.15, -0.1) is 0 Å². The molecule has 0 aliphatic rings. The molecule has 0 spiro atoms. The van der Waals surface area contributed by atoms with E-state index < -0.39 is 0 Å². The monoisotopic (exact) mass is 1450 g/mol. The maximum atomic E-state index is 6.47. The van der Waals surface area contributed by atoms with E-state index in [4.69, 9.17) is 43.2 Å². The average molecular weight is 1450 g/mol. The SMILES string of the molecule is c1cc(-c2nc(-c3cccc(-c4cccc5c4oc4ccccc45)c3)nc(-c3cccc(-n4c5ccccc5c5ccccc54)c3)n2)cc(-c2cccc3c2oc2ccccc23)c1.c1ccc(-c2nc(-c3ccccc3)nc(-c3cccc(-n4c5ccccc5c5cc(-c6ccc7oc8ccccc8c7c6)ccc54)c3)n2)cc1. The maximum Gasteiger partial charge on any atom is 0.164 e. The van der Waals surface area contributed by atoms with E-state index in [2.05, 4.69) is 276 Å². The number of rotatable bonds is 11. The second kappa shape index (κ2) is 26.7. The van der Waals surface area contributed by atoms with E-state index in [0.717, 1.165) is 166 Å². The Morgan fingerprint density at radius 3 is 0.929 bits per heavy atom. The molecular weight excluding hydrogens is 1390 g/mol. The molecule has 0 amide bonds. The number of nitrogens with zero attached hydrogens (tertiary/aromatic N) is 8. The van der Waals surface area contributed by atoms with Gasteiger partial charge in [-0.25, -0.2) is 29.9 Å². The first-order valence-electron chi connectivity index (χ1n) is 37.8. The van der Waals surface area contributed by atoms with E-state index in [1.54, 1.807) is 0 Å². The Morgan fingerprint density at radius 1 is 0.168 bits per heavy atom. The lowest BCUT2D eigenvalue weighted by atomic mass is 9.99. The van der Waals surface area contributed by atoms with E-state index in [0.29, 0.717) is 34.9 Å². The van der Waals surface area contributed by atoms with Gasteiger partial charge in [-0.1, -0.05) is 279 Å². The fourth-order valence-electron chi connectivity index (χ4n) is 16.4. The highest BCUT2D eigenvalue weighted by atomic mass is 16.3. The van der Waals surface area contributed by atoms with E-state index in [1.165, 1.54) is 21.5 Å². The van der Waals surface area contributed by atoms with Crippen LogP contribution < -0.4 is 0 Å². The number of benzene rings is 16. The molecule has 0 unspecified atom stereocenters. The van der Waals surface area contributed by atoms with Gasteiger partial charge in [0.2, 0.25) is 0 Å². The zero-order valence-electron chi connectivity index (χ0n) is 60.6.